The van der Waals surface area contributed by atoms with E-state index in [1.54, 1.807) is 0 Å². The second kappa shape index (κ2) is 3.73. The molecule has 78 valence electrons. The maximum Gasteiger partial charge on any atom is 0.111 e. The normalized spacial score (nSPS) is 19.3. The SMILES string of the molecule is CCCn1ccnc1CC1(O)CCC1. The van der Waals surface area contributed by atoms with Crippen LogP contribution in [0.15, 0.2) is 12.4 Å². The zero-order valence-electron chi connectivity index (χ0n) is 8.74. The van der Waals surface area contributed by atoms with E-state index < -0.39 is 5.60 Å². The average molecular weight is 194 g/mol. The Bertz CT molecular complexity index is 302. The zero-order chi connectivity index (χ0) is 10.0. The summed E-state index contributed by atoms with van der Waals surface area (Å²) in [6.07, 6.45) is 8.69. The molecule has 0 saturated heterocycles. The van der Waals surface area contributed by atoms with Gasteiger partial charge in [0.25, 0.3) is 0 Å². The van der Waals surface area contributed by atoms with Gasteiger partial charge in [0.15, 0.2) is 0 Å². The Balaban J connectivity index is 2.04. The first-order valence-corrected chi connectivity index (χ1v) is 5.46. The Morgan fingerprint density at radius 1 is 1.57 bits per heavy atom. The van der Waals surface area contributed by atoms with Gasteiger partial charge in [-0.25, -0.2) is 4.98 Å². The lowest BCUT2D eigenvalue weighted by Gasteiger charge is -2.36. The molecule has 1 aliphatic carbocycles. The second-order valence-electron chi connectivity index (χ2n) is 4.29. The van der Waals surface area contributed by atoms with Crippen molar-refractivity contribution in [3.05, 3.63) is 18.2 Å². The summed E-state index contributed by atoms with van der Waals surface area (Å²) in [6, 6.07) is 0. The minimum absolute atomic E-state index is 0.448. The third kappa shape index (κ3) is 1.82. The summed E-state index contributed by atoms with van der Waals surface area (Å²) in [4.78, 5) is 4.30. The molecule has 0 aromatic carbocycles. The van der Waals surface area contributed by atoms with Crippen LogP contribution in [0.2, 0.25) is 0 Å². The predicted octanol–water partition coefficient (Wildman–Crippen LogP) is 1.75. The number of imidazole rings is 1. The van der Waals surface area contributed by atoms with Crippen molar-refractivity contribution in [3.8, 4) is 0 Å². The standard InChI is InChI=1S/C11H18N2O/c1-2-7-13-8-6-12-10(13)9-11(14)4-3-5-11/h6,8,14H,2-5,7,9H2,1H3. The van der Waals surface area contributed by atoms with E-state index in [2.05, 4.69) is 16.5 Å². The molecule has 1 aromatic heterocycles. The Morgan fingerprint density at radius 3 is 2.93 bits per heavy atom. The fraction of sp³-hybridized carbons (Fsp3) is 0.727. The topological polar surface area (TPSA) is 38.0 Å². The minimum atomic E-state index is -0.448. The van der Waals surface area contributed by atoms with Crippen molar-refractivity contribution < 1.29 is 5.11 Å². The number of nitrogens with zero attached hydrogens (tertiary/aromatic N) is 2. The second-order valence-corrected chi connectivity index (χ2v) is 4.29. The maximum atomic E-state index is 10.0. The van der Waals surface area contributed by atoms with Crippen molar-refractivity contribution in [2.24, 2.45) is 0 Å². The number of rotatable bonds is 4. The molecule has 0 radical (unpaired) electrons. The van der Waals surface area contributed by atoms with Crippen molar-refractivity contribution in [1.82, 2.24) is 9.55 Å². The van der Waals surface area contributed by atoms with Gasteiger partial charge in [0.2, 0.25) is 0 Å². The number of hydrogen-bond acceptors (Lipinski definition) is 2. The fourth-order valence-corrected chi connectivity index (χ4v) is 2.01. The predicted molar refractivity (Wildman–Crippen MR) is 55.0 cm³/mol. The lowest BCUT2D eigenvalue weighted by atomic mass is 9.78. The van der Waals surface area contributed by atoms with Crippen LogP contribution in [0.5, 0.6) is 0 Å². The van der Waals surface area contributed by atoms with E-state index in [4.69, 9.17) is 0 Å². The molecule has 3 nitrogen and oxygen atoms in total. The van der Waals surface area contributed by atoms with Gasteiger partial charge in [-0.3, -0.25) is 0 Å². The third-order valence-electron chi connectivity index (χ3n) is 3.04. The molecule has 1 aromatic rings. The van der Waals surface area contributed by atoms with E-state index in [9.17, 15) is 5.11 Å². The van der Waals surface area contributed by atoms with Gasteiger partial charge >= 0.3 is 0 Å². The van der Waals surface area contributed by atoms with Crippen molar-refractivity contribution >= 4 is 0 Å². The van der Waals surface area contributed by atoms with Gasteiger partial charge in [0.05, 0.1) is 5.60 Å². The zero-order valence-corrected chi connectivity index (χ0v) is 8.74. The molecule has 0 aliphatic heterocycles. The van der Waals surface area contributed by atoms with Crippen LogP contribution in [-0.2, 0) is 13.0 Å². The molecule has 0 unspecified atom stereocenters. The van der Waals surface area contributed by atoms with Gasteiger partial charge in [-0.05, 0) is 25.7 Å². The van der Waals surface area contributed by atoms with Crippen LogP contribution >= 0.6 is 0 Å². The van der Waals surface area contributed by atoms with E-state index >= 15 is 0 Å². The molecule has 0 spiro atoms. The first kappa shape index (κ1) is 9.71. The molecule has 0 bridgehead atoms. The lowest BCUT2D eigenvalue weighted by molar-refractivity contribution is -0.0344. The lowest BCUT2D eigenvalue weighted by Crippen LogP contribution is -2.39. The number of aliphatic hydroxyl groups is 1. The molecule has 14 heavy (non-hydrogen) atoms. The largest absolute Gasteiger partial charge is 0.389 e. The molecule has 1 heterocycles. The Hall–Kier alpha value is -0.830. The quantitative estimate of drug-likeness (QED) is 0.793. The van der Waals surface area contributed by atoms with Crippen LogP contribution in [0.3, 0.4) is 0 Å². The summed E-state index contributed by atoms with van der Waals surface area (Å²) in [5, 5.41) is 10.0. The molecule has 3 heteroatoms. The van der Waals surface area contributed by atoms with Gasteiger partial charge in [-0.1, -0.05) is 6.92 Å². The van der Waals surface area contributed by atoms with E-state index in [1.807, 2.05) is 12.4 Å². The molecule has 1 fully saturated rings. The molecule has 1 saturated carbocycles. The molecular formula is C11H18N2O. The molecule has 1 N–H and O–H groups in total. The number of aryl methyl sites for hydroxylation is 1. The van der Waals surface area contributed by atoms with E-state index in [1.165, 1.54) is 0 Å². The monoisotopic (exact) mass is 194 g/mol. The van der Waals surface area contributed by atoms with Crippen molar-refractivity contribution in [2.45, 2.75) is 51.2 Å². The van der Waals surface area contributed by atoms with E-state index in [0.29, 0.717) is 0 Å². The molecule has 0 atom stereocenters. The summed E-state index contributed by atoms with van der Waals surface area (Å²) < 4.78 is 2.15. The highest BCUT2D eigenvalue weighted by Gasteiger charge is 2.35. The van der Waals surface area contributed by atoms with Crippen molar-refractivity contribution in [3.63, 3.8) is 0 Å². The van der Waals surface area contributed by atoms with Gasteiger partial charge < -0.3 is 9.67 Å². The summed E-state index contributed by atoms with van der Waals surface area (Å²) >= 11 is 0. The fourth-order valence-electron chi connectivity index (χ4n) is 2.01. The summed E-state index contributed by atoms with van der Waals surface area (Å²) in [6.45, 7) is 3.16. The summed E-state index contributed by atoms with van der Waals surface area (Å²) in [5.74, 6) is 1.04. The highest BCUT2D eigenvalue weighted by Crippen LogP contribution is 2.34. The van der Waals surface area contributed by atoms with Crippen molar-refractivity contribution in [2.75, 3.05) is 0 Å². The number of hydrogen-bond donors (Lipinski definition) is 1. The molecule has 2 rings (SSSR count). The maximum absolute atomic E-state index is 10.0. The van der Waals surface area contributed by atoms with Gasteiger partial charge in [-0.2, -0.15) is 0 Å². The van der Waals surface area contributed by atoms with E-state index in [-0.39, 0.29) is 0 Å². The van der Waals surface area contributed by atoms with Crippen LogP contribution in [0, 0.1) is 0 Å². The average Bonchev–Trinajstić information content (AvgIpc) is 2.51. The minimum Gasteiger partial charge on any atom is -0.389 e. The van der Waals surface area contributed by atoms with Crippen LogP contribution in [0.1, 0.15) is 38.4 Å². The summed E-state index contributed by atoms with van der Waals surface area (Å²) in [7, 11) is 0. The number of aromatic nitrogens is 2. The highest BCUT2D eigenvalue weighted by atomic mass is 16.3. The summed E-state index contributed by atoms with van der Waals surface area (Å²) in [5.41, 5.74) is -0.448. The molecule has 1 aliphatic rings. The smallest absolute Gasteiger partial charge is 0.111 e. The molecular weight excluding hydrogens is 176 g/mol. The molecule has 0 amide bonds. The van der Waals surface area contributed by atoms with E-state index in [0.717, 1.165) is 44.5 Å². The van der Waals surface area contributed by atoms with Gasteiger partial charge in [0.1, 0.15) is 5.82 Å². The third-order valence-corrected chi connectivity index (χ3v) is 3.04. The highest BCUT2D eigenvalue weighted by molar-refractivity contribution is 5.01. The first-order chi connectivity index (χ1) is 6.73. The Labute approximate surface area is 84.8 Å². The first-order valence-electron chi connectivity index (χ1n) is 5.46. The van der Waals surface area contributed by atoms with Gasteiger partial charge in [0, 0.05) is 25.4 Å². The van der Waals surface area contributed by atoms with Crippen LogP contribution in [-0.4, -0.2) is 20.3 Å². The Kier molecular flexibility index (Phi) is 2.59. The van der Waals surface area contributed by atoms with Gasteiger partial charge in [-0.15, -0.1) is 0 Å². The van der Waals surface area contributed by atoms with Crippen LogP contribution < -0.4 is 0 Å². The van der Waals surface area contributed by atoms with Crippen LogP contribution in [0.25, 0.3) is 0 Å². The van der Waals surface area contributed by atoms with Crippen molar-refractivity contribution in [1.29, 1.82) is 0 Å². The van der Waals surface area contributed by atoms with Crippen LogP contribution in [0.4, 0.5) is 0 Å². The Morgan fingerprint density at radius 2 is 2.36 bits per heavy atom.